The van der Waals surface area contributed by atoms with Gasteiger partial charge in [-0.1, -0.05) is 5.16 Å². The predicted molar refractivity (Wildman–Crippen MR) is 68.2 cm³/mol. The van der Waals surface area contributed by atoms with E-state index in [-0.39, 0.29) is 5.92 Å². The SMILES string of the molecule is NCc1cc(-c2nc(C3CCCOC3)no2)ccn1. The summed E-state index contributed by atoms with van der Waals surface area (Å²) >= 11 is 0. The fourth-order valence-corrected chi connectivity index (χ4v) is 2.19. The Morgan fingerprint density at radius 1 is 1.42 bits per heavy atom. The molecule has 0 aliphatic carbocycles. The molecule has 1 saturated heterocycles. The highest BCUT2D eigenvalue weighted by Gasteiger charge is 2.22. The number of aromatic nitrogens is 3. The maximum atomic E-state index is 5.57. The molecular formula is C13H16N4O2. The average Bonchev–Trinajstić information content (AvgIpc) is 2.98. The maximum Gasteiger partial charge on any atom is 0.258 e. The molecule has 1 unspecified atom stereocenters. The predicted octanol–water partition coefficient (Wildman–Crippen LogP) is 1.48. The summed E-state index contributed by atoms with van der Waals surface area (Å²) in [6.45, 7) is 1.89. The molecule has 2 aromatic heterocycles. The Morgan fingerprint density at radius 3 is 3.16 bits per heavy atom. The topological polar surface area (TPSA) is 87.1 Å². The zero-order valence-electron chi connectivity index (χ0n) is 10.6. The number of nitrogens with two attached hydrogens (primary N) is 1. The fourth-order valence-electron chi connectivity index (χ4n) is 2.19. The van der Waals surface area contributed by atoms with Gasteiger partial charge >= 0.3 is 0 Å². The first-order valence-electron chi connectivity index (χ1n) is 6.43. The monoisotopic (exact) mass is 260 g/mol. The Bertz CT molecular complexity index is 549. The van der Waals surface area contributed by atoms with E-state index in [9.17, 15) is 0 Å². The molecule has 0 radical (unpaired) electrons. The smallest absolute Gasteiger partial charge is 0.258 e. The van der Waals surface area contributed by atoms with Crippen LogP contribution in [0.4, 0.5) is 0 Å². The number of nitrogens with zero attached hydrogens (tertiary/aromatic N) is 3. The lowest BCUT2D eigenvalue weighted by atomic mass is 10.0. The third kappa shape index (κ3) is 2.64. The van der Waals surface area contributed by atoms with Crippen LogP contribution in [0.2, 0.25) is 0 Å². The molecule has 0 spiro atoms. The standard InChI is InChI=1S/C13H16N4O2/c14-7-11-6-9(3-4-15-11)13-16-12(17-19-13)10-2-1-5-18-8-10/h3-4,6,10H,1-2,5,7-8,14H2. The fraction of sp³-hybridized carbons (Fsp3) is 0.462. The van der Waals surface area contributed by atoms with Crippen molar-refractivity contribution in [2.75, 3.05) is 13.2 Å². The first-order valence-corrected chi connectivity index (χ1v) is 6.43. The van der Waals surface area contributed by atoms with Gasteiger partial charge in [-0.2, -0.15) is 4.98 Å². The highest BCUT2D eigenvalue weighted by atomic mass is 16.5. The number of hydrogen-bond acceptors (Lipinski definition) is 6. The molecule has 0 saturated carbocycles. The number of ether oxygens (including phenoxy) is 1. The summed E-state index contributed by atoms with van der Waals surface area (Å²) in [6, 6.07) is 3.71. The van der Waals surface area contributed by atoms with E-state index in [4.69, 9.17) is 15.0 Å². The van der Waals surface area contributed by atoms with Crippen molar-refractivity contribution in [1.29, 1.82) is 0 Å². The third-order valence-electron chi connectivity index (χ3n) is 3.24. The second-order valence-corrected chi connectivity index (χ2v) is 4.61. The van der Waals surface area contributed by atoms with Crippen molar-refractivity contribution in [3.8, 4) is 11.5 Å². The van der Waals surface area contributed by atoms with Crippen LogP contribution in [-0.4, -0.2) is 28.3 Å². The molecule has 6 heteroatoms. The molecule has 0 amide bonds. The molecule has 0 bridgehead atoms. The van der Waals surface area contributed by atoms with Gasteiger partial charge in [-0.3, -0.25) is 4.98 Å². The molecule has 2 aromatic rings. The molecule has 6 nitrogen and oxygen atoms in total. The quantitative estimate of drug-likeness (QED) is 0.899. The molecule has 19 heavy (non-hydrogen) atoms. The van der Waals surface area contributed by atoms with Crippen LogP contribution in [0.15, 0.2) is 22.9 Å². The molecule has 0 aromatic carbocycles. The summed E-state index contributed by atoms with van der Waals surface area (Å²) in [7, 11) is 0. The number of hydrogen-bond donors (Lipinski definition) is 1. The molecule has 3 heterocycles. The second-order valence-electron chi connectivity index (χ2n) is 4.61. The Kier molecular flexibility index (Phi) is 3.52. The number of rotatable bonds is 3. The molecule has 1 atom stereocenters. The molecule has 3 rings (SSSR count). The Morgan fingerprint density at radius 2 is 2.37 bits per heavy atom. The van der Waals surface area contributed by atoms with Crippen molar-refractivity contribution in [3.05, 3.63) is 29.8 Å². The van der Waals surface area contributed by atoms with Crippen LogP contribution < -0.4 is 5.73 Å². The van der Waals surface area contributed by atoms with Crippen molar-refractivity contribution in [1.82, 2.24) is 15.1 Å². The van der Waals surface area contributed by atoms with Gasteiger partial charge in [-0.05, 0) is 25.0 Å². The zero-order valence-corrected chi connectivity index (χ0v) is 10.6. The summed E-state index contributed by atoms with van der Waals surface area (Å²) in [5.74, 6) is 1.47. The van der Waals surface area contributed by atoms with Gasteiger partial charge in [0.05, 0.1) is 12.3 Å². The molecule has 1 fully saturated rings. The lowest BCUT2D eigenvalue weighted by molar-refractivity contribution is 0.0773. The third-order valence-corrected chi connectivity index (χ3v) is 3.24. The minimum Gasteiger partial charge on any atom is -0.381 e. The highest BCUT2D eigenvalue weighted by molar-refractivity contribution is 5.52. The number of pyridine rings is 1. The van der Waals surface area contributed by atoms with Crippen molar-refractivity contribution in [2.24, 2.45) is 5.73 Å². The lowest BCUT2D eigenvalue weighted by Crippen LogP contribution is -2.16. The van der Waals surface area contributed by atoms with Crippen LogP contribution >= 0.6 is 0 Å². The van der Waals surface area contributed by atoms with E-state index < -0.39 is 0 Å². The normalized spacial score (nSPS) is 19.5. The van der Waals surface area contributed by atoms with Gasteiger partial charge < -0.3 is 15.0 Å². The van der Waals surface area contributed by atoms with Crippen LogP contribution in [0.5, 0.6) is 0 Å². The average molecular weight is 260 g/mol. The van der Waals surface area contributed by atoms with Gasteiger partial charge in [0, 0.05) is 30.8 Å². The van der Waals surface area contributed by atoms with Crippen LogP contribution in [0.1, 0.15) is 30.3 Å². The largest absolute Gasteiger partial charge is 0.381 e. The van der Waals surface area contributed by atoms with Gasteiger partial charge in [0.15, 0.2) is 5.82 Å². The Hall–Kier alpha value is -1.79. The molecule has 2 N–H and O–H groups in total. The van der Waals surface area contributed by atoms with Crippen molar-refractivity contribution >= 4 is 0 Å². The second kappa shape index (κ2) is 5.46. The van der Waals surface area contributed by atoms with E-state index in [1.807, 2.05) is 12.1 Å². The van der Waals surface area contributed by atoms with Crippen LogP contribution in [0.3, 0.4) is 0 Å². The van der Waals surface area contributed by atoms with Crippen molar-refractivity contribution in [3.63, 3.8) is 0 Å². The summed E-state index contributed by atoms with van der Waals surface area (Å²) in [6.07, 6.45) is 3.79. The zero-order chi connectivity index (χ0) is 13.1. The first kappa shape index (κ1) is 12.3. The van der Waals surface area contributed by atoms with Crippen molar-refractivity contribution in [2.45, 2.75) is 25.3 Å². The molecule has 1 aliphatic rings. The summed E-state index contributed by atoms with van der Waals surface area (Å²) < 4.78 is 10.8. The molecular weight excluding hydrogens is 244 g/mol. The van der Waals surface area contributed by atoms with Crippen LogP contribution in [0.25, 0.3) is 11.5 Å². The Labute approximate surface area is 111 Å². The van der Waals surface area contributed by atoms with Gasteiger partial charge in [0.2, 0.25) is 0 Å². The van der Waals surface area contributed by atoms with E-state index in [0.717, 1.165) is 36.5 Å². The molecule has 1 aliphatic heterocycles. The summed E-state index contributed by atoms with van der Waals surface area (Å²) in [5, 5.41) is 4.05. The van der Waals surface area contributed by atoms with Gasteiger partial charge in [0.1, 0.15) is 0 Å². The summed E-state index contributed by atoms with van der Waals surface area (Å²) in [5.41, 5.74) is 7.23. The van der Waals surface area contributed by atoms with Crippen molar-refractivity contribution < 1.29 is 9.26 Å². The van der Waals surface area contributed by atoms with E-state index >= 15 is 0 Å². The first-order chi connectivity index (χ1) is 9.36. The van der Waals surface area contributed by atoms with Crippen LogP contribution in [0, 0.1) is 0 Å². The van der Waals surface area contributed by atoms with E-state index in [0.29, 0.717) is 19.0 Å². The van der Waals surface area contributed by atoms with Gasteiger partial charge in [-0.15, -0.1) is 0 Å². The highest BCUT2D eigenvalue weighted by Crippen LogP contribution is 2.25. The van der Waals surface area contributed by atoms with Crippen LogP contribution in [-0.2, 0) is 11.3 Å². The van der Waals surface area contributed by atoms with Gasteiger partial charge in [0.25, 0.3) is 5.89 Å². The van der Waals surface area contributed by atoms with E-state index in [2.05, 4.69) is 15.1 Å². The summed E-state index contributed by atoms with van der Waals surface area (Å²) in [4.78, 5) is 8.60. The van der Waals surface area contributed by atoms with Gasteiger partial charge in [-0.25, -0.2) is 0 Å². The van der Waals surface area contributed by atoms with E-state index in [1.165, 1.54) is 0 Å². The molecule has 100 valence electrons. The van der Waals surface area contributed by atoms with E-state index in [1.54, 1.807) is 6.20 Å². The Balaban J connectivity index is 1.83. The lowest BCUT2D eigenvalue weighted by Gasteiger charge is -2.18. The maximum absolute atomic E-state index is 5.57. The minimum atomic E-state index is 0.238. The minimum absolute atomic E-state index is 0.238.